The zero-order chi connectivity index (χ0) is 25.1. The normalized spacial score (nSPS) is 27.5. The van der Waals surface area contributed by atoms with E-state index in [0.29, 0.717) is 26.2 Å². The van der Waals surface area contributed by atoms with Crippen molar-refractivity contribution in [3.05, 3.63) is 36.4 Å². The topological polar surface area (TPSA) is 93.2 Å². The van der Waals surface area contributed by atoms with Crippen LogP contribution in [-0.4, -0.2) is 76.0 Å². The highest BCUT2D eigenvalue weighted by atomic mass is 32.2. The molecule has 0 N–H and O–H groups in total. The van der Waals surface area contributed by atoms with Gasteiger partial charge in [-0.3, -0.25) is 0 Å². The Morgan fingerprint density at radius 3 is 1.34 bits per heavy atom. The lowest BCUT2D eigenvalue weighted by Crippen LogP contribution is -2.48. The highest BCUT2D eigenvalue weighted by Crippen LogP contribution is 2.37. The van der Waals surface area contributed by atoms with E-state index in [1.807, 2.05) is 27.7 Å². The molecule has 0 amide bonds. The highest BCUT2D eigenvalue weighted by molar-refractivity contribution is 7.89. The number of benzene rings is 2. The van der Waals surface area contributed by atoms with E-state index in [0.717, 1.165) is 20.2 Å². The van der Waals surface area contributed by atoms with E-state index in [4.69, 9.17) is 9.47 Å². The predicted molar refractivity (Wildman–Crippen MR) is 137 cm³/mol. The molecule has 11 heteroatoms. The molecule has 0 radical (unpaired) electrons. The number of morpholine rings is 2. The van der Waals surface area contributed by atoms with Gasteiger partial charge in [0.25, 0.3) is 0 Å². The second-order valence-electron chi connectivity index (χ2n) is 9.58. The maximum Gasteiger partial charge on any atom is 0.243 e. The van der Waals surface area contributed by atoms with E-state index >= 15 is 0 Å². The second kappa shape index (κ2) is 9.05. The monoisotopic (exact) mass is 538 g/mol. The quantitative estimate of drug-likeness (QED) is 0.504. The molecular formula is C24H30N2O6S3. The van der Waals surface area contributed by atoms with Crippen molar-refractivity contribution in [1.29, 1.82) is 0 Å². The summed E-state index contributed by atoms with van der Waals surface area (Å²) in [5.41, 5.74) is 0. The summed E-state index contributed by atoms with van der Waals surface area (Å²) in [6.07, 6.45) is -0.731. The maximum absolute atomic E-state index is 13.4. The van der Waals surface area contributed by atoms with Crippen LogP contribution < -0.4 is 0 Å². The summed E-state index contributed by atoms with van der Waals surface area (Å²) in [5, 5.41) is 1.47. The number of ether oxygens (including phenoxy) is 2. The summed E-state index contributed by atoms with van der Waals surface area (Å²) < 4.78 is 69.9. The highest BCUT2D eigenvalue weighted by Gasteiger charge is 2.34. The van der Waals surface area contributed by atoms with Crippen molar-refractivity contribution in [2.75, 3.05) is 26.2 Å². The van der Waals surface area contributed by atoms with Crippen LogP contribution in [-0.2, 0) is 29.5 Å². The number of hydrogen-bond acceptors (Lipinski definition) is 7. The third-order valence-electron chi connectivity index (χ3n) is 6.46. The van der Waals surface area contributed by atoms with Gasteiger partial charge in [0.2, 0.25) is 20.0 Å². The fourth-order valence-corrected chi connectivity index (χ4v) is 9.31. The molecule has 2 fully saturated rings. The number of rotatable bonds is 4. The molecule has 2 aliphatic heterocycles. The van der Waals surface area contributed by atoms with Gasteiger partial charge in [-0.15, -0.1) is 11.3 Å². The number of hydrogen-bond donors (Lipinski definition) is 0. The zero-order valence-corrected chi connectivity index (χ0v) is 22.6. The summed E-state index contributed by atoms with van der Waals surface area (Å²) in [5.74, 6) is 0. The standard InChI is InChI=1S/C24H30N2O6S3/c1-15-11-25(12-16(2)31-15)34(27,28)19-5-7-23-21(9-19)22-10-20(6-8-24(22)33-23)35(29,30)26-13-17(3)32-18(4)14-26/h5-10,15-18H,11-14H2,1-4H3/t15-,16-,17-,18+/m0/s1. The van der Waals surface area contributed by atoms with Gasteiger partial charge in [-0.2, -0.15) is 8.61 Å². The van der Waals surface area contributed by atoms with Crippen molar-refractivity contribution in [2.24, 2.45) is 0 Å². The lowest BCUT2D eigenvalue weighted by atomic mass is 10.1. The molecule has 8 nitrogen and oxygen atoms in total. The third kappa shape index (κ3) is 4.63. The van der Waals surface area contributed by atoms with Crippen molar-refractivity contribution >= 4 is 51.6 Å². The Balaban J connectivity index is 1.56. The predicted octanol–water partition coefficient (Wildman–Crippen LogP) is 3.65. The molecule has 0 bridgehead atoms. The minimum Gasteiger partial charge on any atom is -0.373 e. The average Bonchev–Trinajstić information content (AvgIpc) is 3.15. The van der Waals surface area contributed by atoms with Gasteiger partial charge in [0, 0.05) is 46.4 Å². The van der Waals surface area contributed by atoms with Gasteiger partial charge in [0.15, 0.2) is 0 Å². The largest absolute Gasteiger partial charge is 0.373 e. The fourth-order valence-electron chi connectivity index (χ4n) is 5.01. The Kier molecular flexibility index (Phi) is 6.48. The van der Waals surface area contributed by atoms with Crippen LogP contribution in [0.4, 0.5) is 0 Å². The molecule has 0 spiro atoms. The number of sulfonamides is 2. The SMILES string of the molecule is C[C@@H]1CN(S(=O)(=O)c2ccc3sc4ccc(S(=O)(=O)N5C[C@H](C)O[C@@H](C)C5)cc4c3c2)C[C@H](C)O1. The van der Waals surface area contributed by atoms with Crippen molar-refractivity contribution in [2.45, 2.75) is 61.9 Å². The van der Waals surface area contributed by atoms with Crippen LogP contribution in [0.25, 0.3) is 20.2 Å². The fraction of sp³-hybridized carbons (Fsp3) is 0.500. The van der Waals surface area contributed by atoms with Crippen LogP contribution in [0, 0.1) is 0 Å². The smallest absolute Gasteiger partial charge is 0.243 e. The number of thiophene rings is 1. The molecular weight excluding hydrogens is 508 g/mol. The van der Waals surface area contributed by atoms with Gasteiger partial charge in [0.05, 0.1) is 34.2 Å². The Labute approximate surface area is 210 Å². The molecule has 5 rings (SSSR count). The summed E-state index contributed by atoms with van der Waals surface area (Å²) in [4.78, 5) is 0.408. The first kappa shape index (κ1) is 25.1. The first-order valence-corrected chi connectivity index (χ1v) is 15.4. The van der Waals surface area contributed by atoms with Crippen molar-refractivity contribution < 1.29 is 26.3 Å². The van der Waals surface area contributed by atoms with Crippen molar-refractivity contribution in [1.82, 2.24) is 8.61 Å². The van der Waals surface area contributed by atoms with Crippen LogP contribution in [0.2, 0.25) is 0 Å². The molecule has 4 atom stereocenters. The van der Waals surface area contributed by atoms with Gasteiger partial charge in [-0.25, -0.2) is 16.8 Å². The first-order valence-electron chi connectivity index (χ1n) is 11.7. The molecule has 0 unspecified atom stereocenters. The van der Waals surface area contributed by atoms with Gasteiger partial charge in [-0.1, -0.05) is 0 Å². The summed E-state index contributed by atoms with van der Waals surface area (Å²) >= 11 is 1.52. The lowest BCUT2D eigenvalue weighted by Gasteiger charge is -2.34. The van der Waals surface area contributed by atoms with Crippen LogP contribution in [0.1, 0.15) is 27.7 Å². The maximum atomic E-state index is 13.4. The molecule has 2 saturated heterocycles. The summed E-state index contributed by atoms with van der Waals surface area (Å²) in [6, 6.07) is 10.2. The molecule has 0 aliphatic carbocycles. The van der Waals surface area contributed by atoms with Gasteiger partial charge in [0.1, 0.15) is 0 Å². The lowest BCUT2D eigenvalue weighted by molar-refractivity contribution is -0.0442. The average molecular weight is 539 g/mol. The van der Waals surface area contributed by atoms with Crippen LogP contribution in [0.3, 0.4) is 0 Å². The Morgan fingerprint density at radius 1 is 0.657 bits per heavy atom. The summed E-state index contributed by atoms with van der Waals surface area (Å²) in [7, 11) is -7.43. The third-order valence-corrected chi connectivity index (χ3v) is 11.3. The van der Waals surface area contributed by atoms with E-state index in [1.54, 1.807) is 36.4 Å². The Morgan fingerprint density at radius 2 is 1.00 bits per heavy atom. The number of nitrogens with zero attached hydrogens (tertiary/aromatic N) is 2. The molecule has 3 heterocycles. The minimum absolute atomic E-state index is 0.183. The Bertz CT molecular complexity index is 1350. The van der Waals surface area contributed by atoms with Crippen LogP contribution in [0.15, 0.2) is 46.2 Å². The molecule has 3 aromatic rings. The van der Waals surface area contributed by atoms with Crippen molar-refractivity contribution in [3.63, 3.8) is 0 Å². The van der Waals surface area contributed by atoms with E-state index in [2.05, 4.69) is 0 Å². The van der Waals surface area contributed by atoms with E-state index in [-0.39, 0.29) is 34.2 Å². The molecule has 190 valence electrons. The Hall–Kier alpha value is -1.60. The molecule has 0 saturated carbocycles. The summed E-state index contributed by atoms with van der Waals surface area (Å²) in [6.45, 7) is 8.66. The van der Waals surface area contributed by atoms with Gasteiger partial charge < -0.3 is 9.47 Å². The van der Waals surface area contributed by atoms with Gasteiger partial charge in [-0.05, 0) is 64.1 Å². The van der Waals surface area contributed by atoms with Gasteiger partial charge >= 0.3 is 0 Å². The minimum atomic E-state index is -3.72. The van der Waals surface area contributed by atoms with E-state index in [1.165, 1.54) is 19.9 Å². The van der Waals surface area contributed by atoms with E-state index in [9.17, 15) is 16.8 Å². The first-order chi connectivity index (χ1) is 16.4. The number of fused-ring (bicyclic) bond motifs is 3. The van der Waals surface area contributed by atoms with Crippen molar-refractivity contribution in [3.8, 4) is 0 Å². The van der Waals surface area contributed by atoms with E-state index < -0.39 is 20.0 Å². The van der Waals surface area contributed by atoms with Crippen LogP contribution >= 0.6 is 11.3 Å². The second-order valence-corrected chi connectivity index (χ2v) is 14.5. The zero-order valence-electron chi connectivity index (χ0n) is 20.2. The molecule has 35 heavy (non-hydrogen) atoms. The molecule has 1 aromatic heterocycles. The molecule has 2 aliphatic rings. The van der Waals surface area contributed by atoms with Crippen LogP contribution in [0.5, 0.6) is 0 Å². The molecule has 2 aromatic carbocycles.